The third-order valence-corrected chi connectivity index (χ3v) is 0.866. The van der Waals surface area contributed by atoms with Gasteiger partial charge in [-0.1, -0.05) is 0 Å². The molecule has 2 N–H and O–H groups in total. The van der Waals surface area contributed by atoms with Crippen molar-refractivity contribution in [1.82, 2.24) is 10.9 Å². The Morgan fingerprint density at radius 2 is 1.89 bits per heavy atom. The van der Waals surface area contributed by atoms with E-state index in [1.54, 1.807) is 0 Å². The average Bonchev–Trinajstić information content (AvgIpc) is 2.08. The fraction of sp³-hybridized carbons (Fsp3) is 0.250. The predicted octanol–water partition coefficient (Wildman–Crippen LogP) is 0.702. The van der Waals surface area contributed by atoms with Crippen molar-refractivity contribution in [3.63, 3.8) is 0 Å². The van der Waals surface area contributed by atoms with E-state index in [0.29, 0.717) is 0 Å². The molecule has 0 spiro atoms. The van der Waals surface area contributed by atoms with Gasteiger partial charge in [-0.25, -0.2) is 5.43 Å². The summed E-state index contributed by atoms with van der Waals surface area (Å²) in [6.45, 7) is 0.861. The van der Waals surface area contributed by atoms with E-state index in [-0.39, 0.29) is 0 Å². The fourth-order valence-electron chi connectivity index (χ4n) is 0.444. The van der Waals surface area contributed by atoms with E-state index in [4.69, 9.17) is 0 Å². The van der Waals surface area contributed by atoms with Crippen LogP contribution in [0, 0.1) is 6.54 Å². The first kappa shape index (κ1) is 6.41. The number of halogens is 3. The van der Waals surface area contributed by atoms with E-state index < -0.39 is 11.7 Å². The molecule has 0 unspecified atom stereocenters. The predicted molar refractivity (Wildman–Crippen MR) is 24.7 cm³/mol. The van der Waals surface area contributed by atoms with E-state index in [2.05, 4.69) is 10.9 Å². The molecule has 0 saturated carbocycles. The van der Waals surface area contributed by atoms with Crippen LogP contribution in [0.15, 0.2) is 11.8 Å². The van der Waals surface area contributed by atoms with Crippen molar-refractivity contribution in [1.29, 1.82) is 0 Å². The molecule has 0 aromatic heterocycles. The van der Waals surface area contributed by atoms with Crippen molar-refractivity contribution in [2.75, 3.05) is 0 Å². The summed E-state index contributed by atoms with van der Waals surface area (Å²) in [4.78, 5) is 0. The average molecular weight is 137 g/mol. The van der Waals surface area contributed by atoms with Gasteiger partial charge >= 0.3 is 6.18 Å². The Morgan fingerprint density at radius 3 is 2.11 bits per heavy atom. The third kappa shape index (κ3) is 1.35. The molecule has 1 heterocycles. The van der Waals surface area contributed by atoms with E-state index in [0.717, 1.165) is 12.7 Å². The molecular formula is C4H4F3N2. The number of hydrogen-bond donors (Lipinski definition) is 2. The highest BCUT2D eigenvalue weighted by Gasteiger charge is 2.34. The second-order valence-electron chi connectivity index (χ2n) is 1.53. The monoisotopic (exact) mass is 137 g/mol. The maximum absolute atomic E-state index is 11.6. The van der Waals surface area contributed by atoms with Crippen molar-refractivity contribution >= 4 is 0 Å². The Balaban J connectivity index is 2.61. The lowest BCUT2D eigenvalue weighted by Crippen LogP contribution is -2.18. The molecule has 51 valence electrons. The lowest BCUT2D eigenvalue weighted by atomic mass is 10.3. The van der Waals surface area contributed by atoms with Crippen LogP contribution in [-0.4, -0.2) is 6.18 Å². The molecule has 0 atom stereocenters. The van der Waals surface area contributed by atoms with E-state index >= 15 is 0 Å². The van der Waals surface area contributed by atoms with Gasteiger partial charge < -0.3 is 5.43 Å². The SMILES string of the molecule is FC(F)(F)C1=CNN[CH]1. The van der Waals surface area contributed by atoms with Crippen molar-refractivity contribution < 1.29 is 13.2 Å². The summed E-state index contributed by atoms with van der Waals surface area (Å²) in [7, 11) is 0. The Morgan fingerprint density at radius 1 is 1.22 bits per heavy atom. The highest BCUT2D eigenvalue weighted by molar-refractivity contribution is 5.20. The van der Waals surface area contributed by atoms with Gasteiger partial charge in [-0.3, -0.25) is 0 Å². The fourth-order valence-corrected chi connectivity index (χ4v) is 0.444. The molecule has 1 aliphatic heterocycles. The number of hydrazine groups is 1. The largest absolute Gasteiger partial charge is 0.415 e. The Kier molecular flexibility index (Phi) is 1.36. The zero-order chi connectivity index (χ0) is 6.91. The summed E-state index contributed by atoms with van der Waals surface area (Å²) in [6.07, 6.45) is -3.38. The first-order chi connectivity index (χ1) is 4.11. The molecule has 1 rings (SSSR count). The normalized spacial score (nSPS) is 19.2. The Bertz CT molecular complexity index is 137. The van der Waals surface area contributed by atoms with Gasteiger partial charge in [-0.15, -0.1) is 0 Å². The van der Waals surface area contributed by atoms with E-state index in [1.807, 2.05) is 0 Å². The number of nitrogens with one attached hydrogen (secondary N) is 2. The molecule has 1 aliphatic rings. The number of alkyl halides is 3. The van der Waals surface area contributed by atoms with E-state index in [1.165, 1.54) is 0 Å². The van der Waals surface area contributed by atoms with Gasteiger partial charge in [0, 0.05) is 6.20 Å². The first-order valence-electron chi connectivity index (χ1n) is 2.22. The van der Waals surface area contributed by atoms with Gasteiger partial charge in [0.05, 0.1) is 12.1 Å². The summed E-state index contributed by atoms with van der Waals surface area (Å²) >= 11 is 0. The zero-order valence-corrected chi connectivity index (χ0v) is 4.29. The van der Waals surface area contributed by atoms with Crippen LogP contribution in [0.5, 0.6) is 0 Å². The summed E-state index contributed by atoms with van der Waals surface area (Å²) in [6, 6.07) is 0. The van der Waals surface area contributed by atoms with Crippen LogP contribution in [-0.2, 0) is 0 Å². The van der Waals surface area contributed by atoms with E-state index in [9.17, 15) is 13.2 Å². The molecule has 0 amide bonds. The summed E-state index contributed by atoms with van der Waals surface area (Å²) in [5.74, 6) is 0. The van der Waals surface area contributed by atoms with Crippen LogP contribution >= 0.6 is 0 Å². The van der Waals surface area contributed by atoms with Crippen LogP contribution in [0.2, 0.25) is 0 Å². The van der Waals surface area contributed by atoms with Crippen molar-refractivity contribution in [3.8, 4) is 0 Å². The van der Waals surface area contributed by atoms with Gasteiger partial charge in [0.15, 0.2) is 0 Å². The molecule has 0 fully saturated rings. The standard InChI is InChI=1S/C4H4F3N2/c5-4(6,7)3-1-8-9-2-3/h1-2,8-9H. The molecule has 9 heavy (non-hydrogen) atoms. The number of hydrogen-bond acceptors (Lipinski definition) is 2. The van der Waals surface area contributed by atoms with Crippen molar-refractivity contribution in [2.45, 2.75) is 6.18 Å². The van der Waals surface area contributed by atoms with Gasteiger partial charge in [0.1, 0.15) is 0 Å². The number of rotatable bonds is 0. The summed E-state index contributed by atoms with van der Waals surface area (Å²) < 4.78 is 34.7. The molecule has 0 saturated heterocycles. The van der Waals surface area contributed by atoms with Crippen molar-refractivity contribution in [3.05, 3.63) is 18.3 Å². The maximum atomic E-state index is 11.6. The first-order valence-corrected chi connectivity index (χ1v) is 2.22. The lowest BCUT2D eigenvalue weighted by Gasteiger charge is -2.02. The van der Waals surface area contributed by atoms with Crippen LogP contribution in [0.25, 0.3) is 0 Å². The molecule has 0 aliphatic carbocycles. The Labute approximate surface area is 49.7 Å². The minimum atomic E-state index is -4.24. The molecule has 0 aromatic rings. The van der Waals surface area contributed by atoms with Gasteiger partial charge in [-0.2, -0.15) is 13.2 Å². The van der Waals surface area contributed by atoms with Gasteiger partial charge in [-0.05, 0) is 0 Å². The molecule has 0 aromatic carbocycles. The lowest BCUT2D eigenvalue weighted by molar-refractivity contribution is -0.0895. The van der Waals surface area contributed by atoms with Gasteiger partial charge in [0.2, 0.25) is 0 Å². The second-order valence-corrected chi connectivity index (χ2v) is 1.53. The minimum absolute atomic E-state index is 0.692. The minimum Gasteiger partial charge on any atom is -0.328 e. The molecule has 5 heteroatoms. The van der Waals surface area contributed by atoms with Crippen LogP contribution < -0.4 is 10.9 Å². The topological polar surface area (TPSA) is 24.1 Å². The molecular weight excluding hydrogens is 133 g/mol. The maximum Gasteiger partial charge on any atom is 0.415 e. The second kappa shape index (κ2) is 1.91. The Hall–Kier alpha value is -0.710. The smallest absolute Gasteiger partial charge is 0.328 e. The van der Waals surface area contributed by atoms with Crippen LogP contribution in [0.1, 0.15) is 0 Å². The zero-order valence-electron chi connectivity index (χ0n) is 4.29. The molecule has 0 bridgehead atoms. The van der Waals surface area contributed by atoms with Crippen LogP contribution in [0.4, 0.5) is 13.2 Å². The quantitative estimate of drug-likeness (QED) is 0.513. The summed E-state index contributed by atoms with van der Waals surface area (Å²) in [5.41, 5.74) is 3.69. The van der Waals surface area contributed by atoms with Crippen LogP contribution in [0.3, 0.4) is 0 Å². The van der Waals surface area contributed by atoms with Gasteiger partial charge in [0.25, 0.3) is 0 Å². The third-order valence-electron chi connectivity index (χ3n) is 0.866. The summed E-state index contributed by atoms with van der Waals surface area (Å²) in [5, 5.41) is 0. The van der Waals surface area contributed by atoms with Crippen molar-refractivity contribution in [2.24, 2.45) is 0 Å². The molecule has 2 nitrogen and oxygen atoms in total. The highest BCUT2D eigenvalue weighted by atomic mass is 19.4. The molecule has 1 radical (unpaired) electrons. The highest BCUT2D eigenvalue weighted by Crippen LogP contribution is 2.26.